The van der Waals surface area contributed by atoms with Crippen molar-refractivity contribution in [3.8, 4) is 0 Å². The molecular formula is C6H6F3N3O3. The largest absolute Gasteiger partial charge is 0.480 e. The molecule has 0 unspecified atom stereocenters. The quantitative estimate of drug-likeness (QED) is 0.765. The number of rotatable bonds is 3. The first-order chi connectivity index (χ1) is 6.79. The molecule has 15 heavy (non-hydrogen) atoms. The smallest absolute Gasteiger partial charge is 0.406 e. The number of nitrogens with zero attached hydrogens (tertiary/aromatic N) is 3. The van der Waals surface area contributed by atoms with Crippen LogP contribution in [0.15, 0.2) is 11.1 Å². The molecule has 0 spiro atoms. The molecule has 0 aromatic carbocycles. The van der Waals surface area contributed by atoms with Crippen LogP contribution < -0.4 is 5.69 Å². The third-order valence-corrected chi connectivity index (χ3v) is 1.43. The highest BCUT2D eigenvalue weighted by molar-refractivity contribution is 5.66. The number of hydrogen-bond donors (Lipinski definition) is 1. The van der Waals surface area contributed by atoms with Gasteiger partial charge in [-0.05, 0) is 0 Å². The molecule has 1 N–H and O–H groups in total. The van der Waals surface area contributed by atoms with E-state index in [-0.39, 0.29) is 0 Å². The molecule has 0 saturated carbocycles. The van der Waals surface area contributed by atoms with Crippen molar-refractivity contribution >= 4 is 5.97 Å². The molecule has 0 radical (unpaired) electrons. The fraction of sp³-hybridized carbons (Fsp3) is 0.500. The molecular weight excluding hydrogens is 219 g/mol. The number of hydrogen-bond acceptors (Lipinski definition) is 3. The Hall–Kier alpha value is -1.80. The van der Waals surface area contributed by atoms with Gasteiger partial charge in [0.25, 0.3) is 0 Å². The summed E-state index contributed by atoms with van der Waals surface area (Å²) in [5.74, 6) is -1.35. The van der Waals surface area contributed by atoms with Crippen molar-refractivity contribution in [3.05, 3.63) is 16.8 Å². The van der Waals surface area contributed by atoms with Crippen LogP contribution in [0.4, 0.5) is 13.2 Å². The lowest BCUT2D eigenvalue weighted by atomic mass is 10.6. The zero-order valence-corrected chi connectivity index (χ0v) is 7.23. The lowest BCUT2D eigenvalue weighted by Gasteiger charge is -2.04. The molecule has 0 aliphatic rings. The van der Waals surface area contributed by atoms with Crippen LogP contribution in [0.5, 0.6) is 0 Å². The van der Waals surface area contributed by atoms with Crippen molar-refractivity contribution in [2.75, 3.05) is 0 Å². The van der Waals surface area contributed by atoms with Crippen LogP contribution in [-0.2, 0) is 17.9 Å². The zero-order chi connectivity index (χ0) is 11.6. The van der Waals surface area contributed by atoms with Crippen molar-refractivity contribution in [3.63, 3.8) is 0 Å². The minimum absolute atomic E-state index is 0.295. The monoisotopic (exact) mass is 225 g/mol. The second-order valence-electron chi connectivity index (χ2n) is 2.71. The third kappa shape index (κ3) is 3.11. The van der Waals surface area contributed by atoms with Crippen LogP contribution >= 0.6 is 0 Å². The second-order valence-corrected chi connectivity index (χ2v) is 2.71. The van der Waals surface area contributed by atoms with Gasteiger partial charge in [0.05, 0.1) is 0 Å². The van der Waals surface area contributed by atoms with E-state index in [0.717, 1.165) is 0 Å². The van der Waals surface area contributed by atoms with Crippen LogP contribution in [-0.4, -0.2) is 31.6 Å². The van der Waals surface area contributed by atoms with Gasteiger partial charge in [0.15, 0.2) is 0 Å². The summed E-state index contributed by atoms with van der Waals surface area (Å²) in [5, 5.41) is 11.5. The summed E-state index contributed by atoms with van der Waals surface area (Å²) in [5.41, 5.74) is -1.10. The predicted molar refractivity (Wildman–Crippen MR) is 40.2 cm³/mol. The van der Waals surface area contributed by atoms with E-state index in [4.69, 9.17) is 5.11 Å². The van der Waals surface area contributed by atoms with Crippen LogP contribution in [0, 0.1) is 0 Å². The normalized spacial score (nSPS) is 11.7. The molecule has 1 rings (SSSR count). The van der Waals surface area contributed by atoms with Gasteiger partial charge >= 0.3 is 17.8 Å². The van der Waals surface area contributed by atoms with Crippen molar-refractivity contribution in [2.45, 2.75) is 19.3 Å². The lowest BCUT2D eigenvalue weighted by Crippen LogP contribution is -2.31. The van der Waals surface area contributed by atoms with Crippen LogP contribution in [0.2, 0.25) is 0 Å². The summed E-state index contributed by atoms with van der Waals surface area (Å²) in [4.78, 5) is 21.3. The first kappa shape index (κ1) is 11.3. The van der Waals surface area contributed by atoms with E-state index in [1.54, 1.807) is 0 Å². The lowest BCUT2D eigenvalue weighted by molar-refractivity contribution is -0.141. The average molecular weight is 225 g/mol. The Labute approximate surface area is 80.5 Å². The molecule has 0 atom stereocenters. The fourth-order valence-electron chi connectivity index (χ4n) is 0.910. The van der Waals surface area contributed by atoms with E-state index in [2.05, 4.69) is 5.10 Å². The Morgan fingerprint density at radius 2 is 2.13 bits per heavy atom. The minimum Gasteiger partial charge on any atom is -0.480 e. The summed E-state index contributed by atoms with van der Waals surface area (Å²) in [6.45, 7) is -2.24. The molecule has 6 nitrogen and oxygen atoms in total. The maximum atomic E-state index is 11.9. The number of carboxylic acid groups (broad SMARTS) is 1. The highest BCUT2D eigenvalue weighted by atomic mass is 19.4. The molecule has 0 aliphatic carbocycles. The molecule has 0 aliphatic heterocycles. The Morgan fingerprint density at radius 3 is 2.60 bits per heavy atom. The fourth-order valence-corrected chi connectivity index (χ4v) is 0.910. The summed E-state index contributed by atoms with van der Waals surface area (Å²) in [7, 11) is 0. The van der Waals surface area contributed by atoms with Crippen molar-refractivity contribution in [2.24, 2.45) is 0 Å². The first-order valence-corrected chi connectivity index (χ1v) is 3.70. The summed E-state index contributed by atoms with van der Waals surface area (Å²) in [6, 6.07) is 0. The van der Waals surface area contributed by atoms with Gasteiger partial charge in [-0.1, -0.05) is 0 Å². The van der Waals surface area contributed by atoms with Gasteiger partial charge in [0.2, 0.25) is 0 Å². The van der Waals surface area contributed by atoms with Gasteiger partial charge in [0.1, 0.15) is 19.4 Å². The number of halogens is 3. The number of aromatic nitrogens is 3. The number of carboxylic acids is 1. The van der Waals surface area contributed by atoms with E-state index < -0.39 is 30.9 Å². The van der Waals surface area contributed by atoms with Gasteiger partial charge in [-0.2, -0.15) is 18.3 Å². The molecule has 84 valence electrons. The average Bonchev–Trinajstić information content (AvgIpc) is 2.32. The topological polar surface area (TPSA) is 77.1 Å². The van der Waals surface area contributed by atoms with Gasteiger partial charge < -0.3 is 5.11 Å². The third-order valence-electron chi connectivity index (χ3n) is 1.43. The van der Waals surface area contributed by atoms with Crippen molar-refractivity contribution < 1.29 is 23.1 Å². The Kier molecular flexibility index (Phi) is 2.82. The zero-order valence-electron chi connectivity index (χ0n) is 7.23. The number of carbonyl (C=O) groups is 1. The van der Waals surface area contributed by atoms with Gasteiger partial charge in [-0.3, -0.25) is 9.36 Å². The molecule has 1 aromatic heterocycles. The number of aliphatic carboxylic acids is 1. The predicted octanol–water partition coefficient (Wildman–Crippen LogP) is -0.308. The maximum absolute atomic E-state index is 11.9. The van der Waals surface area contributed by atoms with Crippen molar-refractivity contribution in [1.29, 1.82) is 0 Å². The first-order valence-electron chi connectivity index (χ1n) is 3.70. The number of alkyl halides is 3. The molecule has 0 amide bonds. The van der Waals surface area contributed by atoms with E-state index in [1.165, 1.54) is 0 Å². The molecule has 1 heterocycles. The molecule has 9 heteroatoms. The standard InChI is InChI=1S/C6H6F3N3O3/c7-6(8,9)2-11-3-10-12(5(11)15)1-4(13)14/h3H,1-2H2,(H,13,14). The SMILES string of the molecule is O=C(O)Cn1ncn(CC(F)(F)F)c1=O. The van der Waals surface area contributed by atoms with Gasteiger partial charge in [-0.15, -0.1) is 0 Å². The highest BCUT2D eigenvalue weighted by Crippen LogP contribution is 2.15. The van der Waals surface area contributed by atoms with Gasteiger partial charge in [0, 0.05) is 0 Å². The summed E-state index contributed by atoms with van der Waals surface area (Å²) in [6.07, 6.45) is -3.89. The minimum atomic E-state index is -4.54. The van der Waals surface area contributed by atoms with Gasteiger partial charge in [-0.25, -0.2) is 9.48 Å². The summed E-state index contributed by atoms with van der Waals surface area (Å²) >= 11 is 0. The Bertz CT molecular complexity index is 419. The molecule has 0 saturated heterocycles. The van der Waals surface area contributed by atoms with Crippen LogP contribution in [0.25, 0.3) is 0 Å². The highest BCUT2D eigenvalue weighted by Gasteiger charge is 2.29. The van der Waals surface area contributed by atoms with E-state index in [1.807, 2.05) is 0 Å². The van der Waals surface area contributed by atoms with Crippen molar-refractivity contribution in [1.82, 2.24) is 14.3 Å². The molecule has 1 aromatic rings. The van der Waals surface area contributed by atoms with Crippen LogP contribution in [0.1, 0.15) is 0 Å². The molecule has 0 bridgehead atoms. The van der Waals surface area contributed by atoms with E-state index in [9.17, 15) is 22.8 Å². The maximum Gasteiger partial charge on any atom is 0.406 e. The second kappa shape index (κ2) is 3.75. The van der Waals surface area contributed by atoms with E-state index in [0.29, 0.717) is 15.6 Å². The van der Waals surface area contributed by atoms with E-state index >= 15 is 0 Å². The Morgan fingerprint density at radius 1 is 1.53 bits per heavy atom. The molecule has 0 fully saturated rings. The Balaban J connectivity index is 2.90. The summed E-state index contributed by atoms with van der Waals surface area (Å²) < 4.78 is 36.4. The van der Waals surface area contributed by atoms with Crippen LogP contribution in [0.3, 0.4) is 0 Å².